The third kappa shape index (κ3) is 5.33. The van der Waals surface area contributed by atoms with Crippen molar-refractivity contribution in [3.05, 3.63) is 64.4 Å². The molecule has 2 N–H and O–H groups in total. The molecule has 5 nitrogen and oxygen atoms in total. The summed E-state index contributed by atoms with van der Waals surface area (Å²) in [6.45, 7) is -0.247. The highest BCUT2D eigenvalue weighted by Crippen LogP contribution is 2.15. The first-order valence-electron chi connectivity index (χ1n) is 7.06. The van der Waals surface area contributed by atoms with Gasteiger partial charge in [-0.05, 0) is 30.3 Å². The Hall–Kier alpha value is -2.44. The zero-order valence-corrected chi connectivity index (χ0v) is 13.3. The van der Waals surface area contributed by atoms with Gasteiger partial charge in [-0.25, -0.2) is 9.18 Å². The van der Waals surface area contributed by atoms with Gasteiger partial charge in [0.1, 0.15) is 12.4 Å². The van der Waals surface area contributed by atoms with E-state index in [2.05, 4.69) is 5.32 Å². The maximum Gasteiger partial charge on any atom is 0.335 e. The average molecular weight is 352 g/mol. The fraction of sp³-hybridized carbons (Fsp3) is 0.176. The molecular weight excluding hydrogens is 337 g/mol. The zero-order chi connectivity index (χ0) is 17.5. The van der Waals surface area contributed by atoms with Crippen molar-refractivity contribution in [1.82, 2.24) is 0 Å². The molecule has 0 saturated heterocycles. The molecule has 0 aliphatic heterocycles. The molecule has 0 spiro atoms. The largest absolute Gasteiger partial charge is 0.478 e. The van der Waals surface area contributed by atoms with Crippen LogP contribution in [0.25, 0.3) is 0 Å². The summed E-state index contributed by atoms with van der Waals surface area (Å²) in [6, 6.07) is 10.3. The van der Waals surface area contributed by atoms with Crippen LogP contribution >= 0.6 is 11.6 Å². The normalized spacial score (nSPS) is 10.4. The van der Waals surface area contributed by atoms with E-state index in [1.807, 2.05) is 0 Å². The molecule has 0 bridgehead atoms. The maximum atomic E-state index is 13.5. The van der Waals surface area contributed by atoms with Crippen molar-refractivity contribution in [3.63, 3.8) is 0 Å². The van der Waals surface area contributed by atoms with Crippen LogP contribution < -0.4 is 5.32 Å². The molecule has 7 heteroatoms. The van der Waals surface area contributed by atoms with Gasteiger partial charge in [-0.1, -0.05) is 23.7 Å². The van der Waals surface area contributed by atoms with Crippen molar-refractivity contribution in [2.24, 2.45) is 0 Å². The molecular formula is C17H15ClFNO4. The van der Waals surface area contributed by atoms with E-state index >= 15 is 0 Å². The molecule has 2 rings (SSSR count). The van der Waals surface area contributed by atoms with Crippen molar-refractivity contribution in [2.45, 2.75) is 6.61 Å². The van der Waals surface area contributed by atoms with Crippen LogP contribution in [-0.2, 0) is 16.1 Å². The fourth-order valence-electron chi connectivity index (χ4n) is 1.93. The van der Waals surface area contributed by atoms with Crippen molar-refractivity contribution < 1.29 is 23.8 Å². The number of nitrogens with one attached hydrogen (secondary N) is 1. The minimum absolute atomic E-state index is 0.0217. The van der Waals surface area contributed by atoms with Crippen LogP contribution in [0.15, 0.2) is 42.5 Å². The number of rotatable bonds is 8. The number of ether oxygens (including phenoxy) is 1. The third-order valence-corrected chi connectivity index (χ3v) is 3.37. The standard InChI is InChI=1S/C17H15ClFNO4/c18-13-5-4-12(16(19)7-13)9-24-10-15(21)8-20-14-3-1-2-11(6-14)17(22)23/h1-7,20H,8-10H2,(H,22,23). The molecule has 0 unspecified atom stereocenters. The number of hydrogen-bond acceptors (Lipinski definition) is 4. The molecule has 2 aromatic carbocycles. The summed E-state index contributed by atoms with van der Waals surface area (Å²) in [5, 5.41) is 12.0. The fourth-order valence-corrected chi connectivity index (χ4v) is 2.09. The van der Waals surface area contributed by atoms with Gasteiger partial charge in [0.15, 0.2) is 5.78 Å². The van der Waals surface area contributed by atoms with Crippen molar-refractivity contribution in [3.8, 4) is 0 Å². The molecule has 0 aliphatic rings. The van der Waals surface area contributed by atoms with E-state index in [0.29, 0.717) is 16.3 Å². The van der Waals surface area contributed by atoms with Gasteiger partial charge in [0.2, 0.25) is 0 Å². The number of carbonyl (C=O) groups excluding carboxylic acids is 1. The summed E-state index contributed by atoms with van der Waals surface area (Å²) in [4.78, 5) is 22.6. The Morgan fingerprint density at radius 1 is 1.21 bits per heavy atom. The number of ketones is 1. The molecule has 0 radical (unpaired) electrons. The number of benzene rings is 2. The van der Waals surface area contributed by atoms with Gasteiger partial charge in [0.25, 0.3) is 0 Å². The number of halogens is 2. The average Bonchev–Trinajstić information content (AvgIpc) is 2.55. The number of anilines is 1. The number of carboxylic acids is 1. The van der Waals surface area contributed by atoms with Crippen molar-refractivity contribution in [2.75, 3.05) is 18.5 Å². The molecule has 0 aliphatic carbocycles. The Labute approximate surface area is 143 Å². The second-order valence-electron chi connectivity index (χ2n) is 5.01. The van der Waals surface area contributed by atoms with Gasteiger partial charge in [-0.15, -0.1) is 0 Å². The van der Waals surface area contributed by atoms with Crippen LogP contribution in [-0.4, -0.2) is 30.0 Å². The van der Waals surface area contributed by atoms with Crippen LogP contribution in [0.1, 0.15) is 15.9 Å². The summed E-state index contributed by atoms with van der Waals surface area (Å²) in [6.07, 6.45) is 0. The van der Waals surface area contributed by atoms with Gasteiger partial charge >= 0.3 is 5.97 Å². The Morgan fingerprint density at radius 3 is 2.71 bits per heavy atom. The number of carboxylic acid groups (broad SMARTS) is 1. The van der Waals surface area contributed by atoms with Crippen LogP contribution in [0.2, 0.25) is 5.02 Å². The molecule has 0 heterocycles. The summed E-state index contributed by atoms with van der Waals surface area (Å²) < 4.78 is 18.7. The molecule has 0 saturated carbocycles. The summed E-state index contributed by atoms with van der Waals surface area (Å²) in [5.41, 5.74) is 0.961. The highest BCUT2D eigenvalue weighted by molar-refractivity contribution is 6.30. The van der Waals surface area contributed by atoms with Crippen LogP contribution in [0.5, 0.6) is 0 Å². The van der Waals surface area contributed by atoms with E-state index in [9.17, 15) is 14.0 Å². The number of carbonyl (C=O) groups is 2. The van der Waals surface area contributed by atoms with Gasteiger partial charge in [0.05, 0.1) is 18.7 Å². The highest BCUT2D eigenvalue weighted by Gasteiger charge is 2.07. The van der Waals surface area contributed by atoms with E-state index in [-0.39, 0.29) is 31.1 Å². The minimum atomic E-state index is -1.04. The van der Waals surface area contributed by atoms with E-state index in [1.54, 1.807) is 18.2 Å². The lowest BCUT2D eigenvalue weighted by molar-refractivity contribution is -0.122. The van der Waals surface area contributed by atoms with E-state index in [1.165, 1.54) is 24.3 Å². The molecule has 24 heavy (non-hydrogen) atoms. The molecule has 126 valence electrons. The summed E-state index contributed by atoms with van der Waals surface area (Å²) in [5.74, 6) is -1.78. The van der Waals surface area contributed by atoms with E-state index in [4.69, 9.17) is 21.4 Å². The van der Waals surface area contributed by atoms with E-state index in [0.717, 1.165) is 0 Å². The predicted octanol–water partition coefficient (Wildman–Crippen LogP) is 3.38. The lowest BCUT2D eigenvalue weighted by atomic mass is 10.2. The van der Waals surface area contributed by atoms with Crippen LogP contribution in [0.3, 0.4) is 0 Å². The zero-order valence-electron chi connectivity index (χ0n) is 12.6. The Morgan fingerprint density at radius 2 is 2.00 bits per heavy atom. The number of Topliss-reactive ketones (excluding diaryl/α,β-unsaturated/α-hetero) is 1. The summed E-state index contributed by atoms with van der Waals surface area (Å²) in [7, 11) is 0. The van der Waals surface area contributed by atoms with Gasteiger partial charge in [-0.2, -0.15) is 0 Å². The van der Waals surface area contributed by atoms with Crippen LogP contribution in [0, 0.1) is 5.82 Å². The van der Waals surface area contributed by atoms with Crippen LogP contribution in [0.4, 0.5) is 10.1 Å². The lowest BCUT2D eigenvalue weighted by Gasteiger charge is -2.08. The lowest BCUT2D eigenvalue weighted by Crippen LogP contribution is -2.19. The first-order chi connectivity index (χ1) is 11.5. The topological polar surface area (TPSA) is 75.6 Å². The monoisotopic (exact) mass is 351 g/mol. The van der Waals surface area contributed by atoms with Crippen molar-refractivity contribution in [1.29, 1.82) is 0 Å². The van der Waals surface area contributed by atoms with Gasteiger partial charge in [-0.3, -0.25) is 4.79 Å². The molecule has 0 aromatic heterocycles. The SMILES string of the molecule is O=C(CNc1cccc(C(=O)O)c1)COCc1ccc(Cl)cc1F. The van der Waals surface area contributed by atoms with E-state index < -0.39 is 11.8 Å². The summed E-state index contributed by atoms with van der Waals surface area (Å²) >= 11 is 5.65. The van der Waals surface area contributed by atoms with Gasteiger partial charge < -0.3 is 15.2 Å². The Kier molecular flexibility index (Phi) is 6.28. The number of hydrogen-bond donors (Lipinski definition) is 2. The second-order valence-corrected chi connectivity index (χ2v) is 5.44. The Balaban J connectivity index is 1.77. The molecule has 2 aromatic rings. The third-order valence-electron chi connectivity index (χ3n) is 3.13. The predicted molar refractivity (Wildman–Crippen MR) is 88.0 cm³/mol. The first-order valence-corrected chi connectivity index (χ1v) is 7.44. The molecule has 0 atom stereocenters. The Bertz CT molecular complexity index is 751. The minimum Gasteiger partial charge on any atom is -0.478 e. The first kappa shape index (κ1) is 17.9. The molecule has 0 amide bonds. The highest BCUT2D eigenvalue weighted by atomic mass is 35.5. The quantitative estimate of drug-likeness (QED) is 0.762. The number of aromatic carboxylic acids is 1. The smallest absolute Gasteiger partial charge is 0.335 e. The molecule has 0 fully saturated rings. The van der Waals surface area contributed by atoms with Crippen molar-refractivity contribution >= 4 is 29.0 Å². The van der Waals surface area contributed by atoms with Gasteiger partial charge in [0, 0.05) is 16.3 Å². The second kappa shape index (κ2) is 8.42. The maximum absolute atomic E-state index is 13.5.